The Balaban J connectivity index is 1.86. The van der Waals surface area contributed by atoms with Gasteiger partial charge in [-0.3, -0.25) is 4.79 Å². The molecule has 5 heteroatoms. The van der Waals surface area contributed by atoms with E-state index in [1.807, 2.05) is 31.2 Å². The van der Waals surface area contributed by atoms with Crippen LogP contribution in [-0.2, 0) is 9.53 Å². The molecular weight excluding hydrogens is 266 g/mol. The van der Waals surface area contributed by atoms with Crippen molar-refractivity contribution >= 4 is 17.3 Å². The third kappa shape index (κ3) is 5.36. The Morgan fingerprint density at radius 3 is 3.00 bits per heavy atom. The molecule has 1 aromatic carbocycles. The number of hydrogen-bond donors (Lipinski definition) is 3. The second-order valence-corrected chi connectivity index (χ2v) is 5.49. The monoisotopic (exact) mass is 291 g/mol. The van der Waals surface area contributed by atoms with Gasteiger partial charge in [0, 0.05) is 36.4 Å². The van der Waals surface area contributed by atoms with E-state index >= 15 is 0 Å². The fourth-order valence-electron chi connectivity index (χ4n) is 2.48. The molecule has 1 aliphatic heterocycles. The number of ether oxygens (including phenoxy) is 1. The highest BCUT2D eigenvalue weighted by molar-refractivity contribution is 5.90. The molecule has 1 fully saturated rings. The predicted octanol–water partition coefficient (Wildman–Crippen LogP) is 2.21. The zero-order chi connectivity index (χ0) is 15.1. The van der Waals surface area contributed by atoms with Crippen molar-refractivity contribution in [2.24, 2.45) is 0 Å². The highest BCUT2D eigenvalue weighted by Crippen LogP contribution is 2.17. The van der Waals surface area contributed by atoms with Crippen LogP contribution in [0.1, 0.15) is 26.7 Å². The fraction of sp³-hybridized carbons (Fsp3) is 0.562. The molecular formula is C16H25N3O2. The van der Waals surface area contributed by atoms with Crippen LogP contribution in [-0.4, -0.2) is 37.7 Å². The van der Waals surface area contributed by atoms with Gasteiger partial charge < -0.3 is 20.7 Å². The number of rotatable bonds is 6. The fourth-order valence-corrected chi connectivity index (χ4v) is 2.48. The molecule has 2 atom stereocenters. The van der Waals surface area contributed by atoms with Gasteiger partial charge in [-0.2, -0.15) is 0 Å². The molecule has 116 valence electrons. The Morgan fingerprint density at radius 2 is 2.29 bits per heavy atom. The number of hydrogen-bond acceptors (Lipinski definition) is 4. The zero-order valence-corrected chi connectivity index (χ0v) is 12.8. The van der Waals surface area contributed by atoms with Crippen molar-refractivity contribution in [1.82, 2.24) is 5.32 Å². The van der Waals surface area contributed by atoms with Crippen LogP contribution in [0.2, 0.25) is 0 Å². The Hall–Kier alpha value is -1.59. The smallest absolute Gasteiger partial charge is 0.224 e. The quantitative estimate of drug-likeness (QED) is 0.752. The molecule has 1 aromatic rings. The van der Waals surface area contributed by atoms with Crippen molar-refractivity contribution in [3.8, 4) is 0 Å². The van der Waals surface area contributed by atoms with Gasteiger partial charge in [0.1, 0.15) is 0 Å². The summed E-state index contributed by atoms with van der Waals surface area (Å²) in [6, 6.07) is 8.57. The van der Waals surface area contributed by atoms with Crippen molar-refractivity contribution in [2.75, 3.05) is 30.4 Å². The van der Waals surface area contributed by atoms with Crippen LogP contribution in [0.15, 0.2) is 24.3 Å². The van der Waals surface area contributed by atoms with E-state index in [9.17, 15) is 4.79 Å². The van der Waals surface area contributed by atoms with Gasteiger partial charge in [-0.15, -0.1) is 0 Å². The number of morpholine rings is 1. The van der Waals surface area contributed by atoms with Gasteiger partial charge in [0.25, 0.3) is 0 Å². The maximum Gasteiger partial charge on any atom is 0.224 e. The molecule has 1 saturated heterocycles. The Labute approximate surface area is 126 Å². The first-order chi connectivity index (χ1) is 10.2. The first-order valence-corrected chi connectivity index (χ1v) is 7.65. The molecule has 0 aliphatic carbocycles. The SMILES string of the molecule is CCC(=O)Nc1cccc(NC(C)CC2COCCN2)c1. The van der Waals surface area contributed by atoms with Crippen LogP contribution in [0.3, 0.4) is 0 Å². The summed E-state index contributed by atoms with van der Waals surface area (Å²) in [5, 5.41) is 9.81. The summed E-state index contributed by atoms with van der Waals surface area (Å²) in [7, 11) is 0. The number of amides is 1. The van der Waals surface area contributed by atoms with E-state index in [0.29, 0.717) is 18.5 Å². The maximum atomic E-state index is 11.4. The van der Waals surface area contributed by atoms with Crippen LogP contribution < -0.4 is 16.0 Å². The van der Waals surface area contributed by atoms with Crippen LogP contribution in [0.5, 0.6) is 0 Å². The number of benzene rings is 1. The average molecular weight is 291 g/mol. The summed E-state index contributed by atoms with van der Waals surface area (Å²) in [6.07, 6.45) is 1.49. The molecule has 0 radical (unpaired) electrons. The van der Waals surface area contributed by atoms with Gasteiger partial charge in [0.2, 0.25) is 5.91 Å². The lowest BCUT2D eigenvalue weighted by Gasteiger charge is -2.27. The van der Waals surface area contributed by atoms with Gasteiger partial charge in [-0.1, -0.05) is 13.0 Å². The number of nitrogens with one attached hydrogen (secondary N) is 3. The lowest BCUT2D eigenvalue weighted by molar-refractivity contribution is -0.115. The first kappa shape index (κ1) is 15.8. The van der Waals surface area contributed by atoms with E-state index in [0.717, 1.165) is 37.6 Å². The Morgan fingerprint density at radius 1 is 1.48 bits per heavy atom. The maximum absolute atomic E-state index is 11.4. The van der Waals surface area contributed by atoms with Crippen LogP contribution in [0.4, 0.5) is 11.4 Å². The lowest BCUT2D eigenvalue weighted by atomic mass is 10.1. The molecule has 2 unspecified atom stereocenters. The predicted molar refractivity (Wildman–Crippen MR) is 85.7 cm³/mol. The third-order valence-corrected chi connectivity index (χ3v) is 3.52. The normalized spacial score (nSPS) is 19.8. The summed E-state index contributed by atoms with van der Waals surface area (Å²) in [5.41, 5.74) is 1.85. The van der Waals surface area contributed by atoms with Gasteiger partial charge in [0.05, 0.1) is 13.2 Å². The van der Waals surface area contributed by atoms with E-state index in [4.69, 9.17) is 4.74 Å². The van der Waals surface area contributed by atoms with Crippen molar-refractivity contribution in [3.63, 3.8) is 0 Å². The van der Waals surface area contributed by atoms with Gasteiger partial charge in [-0.25, -0.2) is 0 Å². The molecule has 2 rings (SSSR count). The summed E-state index contributed by atoms with van der Waals surface area (Å²) in [5.74, 6) is 0.0313. The van der Waals surface area contributed by atoms with Crippen LogP contribution in [0, 0.1) is 0 Å². The van der Waals surface area contributed by atoms with E-state index in [1.165, 1.54) is 0 Å². The van der Waals surface area contributed by atoms with Gasteiger partial charge in [0.15, 0.2) is 0 Å². The molecule has 0 saturated carbocycles. The van der Waals surface area contributed by atoms with E-state index < -0.39 is 0 Å². The minimum absolute atomic E-state index is 0.0313. The molecule has 0 aromatic heterocycles. The first-order valence-electron chi connectivity index (χ1n) is 7.65. The molecule has 1 amide bonds. The highest BCUT2D eigenvalue weighted by atomic mass is 16.5. The molecule has 0 spiro atoms. The second-order valence-electron chi connectivity index (χ2n) is 5.49. The summed E-state index contributed by atoms with van der Waals surface area (Å²) in [6.45, 7) is 6.51. The number of carbonyl (C=O) groups is 1. The van der Waals surface area contributed by atoms with Crippen molar-refractivity contribution < 1.29 is 9.53 Å². The molecule has 0 bridgehead atoms. The van der Waals surface area contributed by atoms with Crippen LogP contribution >= 0.6 is 0 Å². The zero-order valence-electron chi connectivity index (χ0n) is 12.8. The standard InChI is InChI=1S/C16H25N3O2/c1-3-16(20)19-14-6-4-5-13(10-14)18-12(2)9-15-11-21-8-7-17-15/h4-6,10,12,15,17-18H,3,7-9,11H2,1-2H3,(H,19,20). The summed E-state index contributed by atoms with van der Waals surface area (Å²) < 4.78 is 5.47. The van der Waals surface area contributed by atoms with Crippen molar-refractivity contribution in [3.05, 3.63) is 24.3 Å². The van der Waals surface area contributed by atoms with Crippen molar-refractivity contribution in [1.29, 1.82) is 0 Å². The lowest BCUT2D eigenvalue weighted by Crippen LogP contribution is -2.43. The summed E-state index contributed by atoms with van der Waals surface area (Å²) in [4.78, 5) is 11.4. The second kappa shape index (κ2) is 8.00. The molecule has 1 aliphatic rings. The third-order valence-electron chi connectivity index (χ3n) is 3.52. The van der Waals surface area contributed by atoms with E-state index in [2.05, 4.69) is 22.9 Å². The average Bonchev–Trinajstić information content (AvgIpc) is 2.48. The number of anilines is 2. The Bertz CT molecular complexity index is 459. The van der Waals surface area contributed by atoms with Gasteiger partial charge >= 0.3 is 0 Å². The number of carbonyl (C=O) groups excluding carboxylic acids is 1. The minimum atomic E-state index is 0.0313. The summed E-state index contributed by atoms with van der Waals surface area (Å²) >= 11 is 0. The van der Waals surface area contributed by atoms with Crippen molar-refractivity contribution in [2.45, 2.75) is 38.8 Å². The van der Waals surface area contributed by atoms with Gasteiger partial charge in [-0.05, 0) is 31.5 Å². The molecule has 1 heterocycles. The molecule has 5 nitrogen and oxygen atoms in total. The van der Waals surface area contributed by atoms with E-state index in [-0.39, 0.29) is 5.91 Å². The largest absolute Gasteiger partial charge is 0.382 e. The Kier molecular flexibility index (Phi) is 6.02. The molecule has 3 N–H and O–H groups in total. The topological polar surface area (TPSA) is 62.4 Å². The highest BCUT2D eigenvalue weighted by Gasteiger charge is 2.16. The van der Waals surface area contributed by atoms with E-state index in [1.54, 1.807) is 0 Å². The molecule has 21 heavy (non-hydrogen) atoms. The van der Waals surface area contributed by atoms with Crippen LogP contribution in [0.25, 0.3) is 0 Å². The minimum Gasteiger partial charge on any atom is -0.382 e.